The lowest BCUT2D eigenvalue weighted by atomic mass is 9.52. The monoisotopic (exact) mass is 498 g/mol. The Balaban J connectivity index is 1.57. The minimum absolute atomic E-state index is 0.109. The molecule has 8 nitrogen and oxygen atoms in total. The highest BCUT2D eigenvalue weighted by Gasteiger charge is 2.64. The van der Waals surface area contributed by atoms with Crippen molar-refractivity contribution in [3.63, 3.8) is 0 Å². The van der Waals surface area contributed by atoms with Crippen molar-refractivity contribution >= 4 is 17.7 Å². The van der Waals surface area contributed by atoms with Crippen molar-refractivity contribution in [2.75, 3.05) is 0 Å². The zero-order valence-corrected chi connectivity index (χ0v) is 20.9. The highest BCUT2D eigenvalue weighted by Crippen LogP contribution is 2.62. The lowest BCUT2D eigenvalue weighted by Gasteiger charge is -2.58. The van der Waals surface area contributed by atoms with Crippen LogP contribution in [-0.2, 0) is 16.0 Å². The number of allylic oxidation sites excluding steroid dienone is 3. The van der Waals surface area contributed by atoms with E-state index in [-0.39, 0.29) is 23.0 Å². The molecule has 2 N–H and O–H groups in total. The fourth-order valence-corrected chi connectivity index (χ4v) is 6.07. The van der Waals surface area contributed by atoms with E-state index in [4.69, 9.17) is 9.47 Å². The Morgan fingerprint density at radius 1 is 1.19 bits per heavy atom. The quantitative estimate of drug-likeness (QED) is 0.607. The molecule has 188 valence electrons. The van der Waals surface area contributed by atoms with Gasteiger partial charge in [-0.1, -0.05) is 30.7 Å². The molecule has 2 aromatic rings. The maximum Gasteiger partial charge on any atom is 0.345 e. The second-order valence-electron chi connectivity index (χ2n) is 10.8. The number of fused-ring (bicyclic) bond motifs is 3. The molecule has 3 unspecified atom stereocenters. The zero-order valence-electron chi connectivity index (χ0n) is 20.9. The van der Waals surface area contributed by atoms with Gasteiger partial charge in [0.05, 0.1) is 22.1 Å². The fourth-order valence-electron chi connectivity index (χ4n) is 6.07. The number of ketones is 1. The number of amides is 1. The Kier molecular flexibility index (Phi) is 4.73. The van der Waals surface area contributed by atoms with Crippen molar-refractivity contribution in [1.82, 2.24) is 10.3 Å². The number of nitrogens with one attached hydrogen (secondary N) is 1. The van der Waals surface area contributed by atoms with Gasteiger partial charge in [0.2, 0.25) is 5.78 Å². The number of hydrogen-bond donors (Lipinski definition) is 2. The van der Waals surface area contributed by atoms with Gasteiger partial charge in [0, 0.05) is 23.9 Å². The predicted octanol–water partition coefficient (Wildman–Crippen LogP) is 3.73. The number of pyridine rings is 1. The van der Waals surface area contributed by atoms with E-state index in [1.165, 1.54) is 6.20 Å². The zero-order chi connectivity index (χ0) is 26.3. The number of carbonyl (C=O) groups is 3. The maximum absolute atomic E-state index is 13.7. The summed E-state index contributed by atoms with van der Waals surface area (Å²) in [6, 6.07) is 6.74. The number of aromatic nitrogens is 1. The van der Waals surface area contributed by atoms with Crippen molar-refractivity contribution in [2.45, 2.75) is 45.9 Å². The number of aliphatic hydroxyl groups excluding tert-OH is 1. The smallest absolute Gasteiger partial charge is 0.345 e. The van der Waals surface area contributed by atoms with Gasteiger partial charge >= 0.3 is 5.97 Å². The number of nitrogens with zero attached hydrogens (tertiary/aromatic N) is 1. The normalized spacial score (nSPS) is 28.8. The molecule has 1 amide bonds. The van der Waals surface area contributed by atoms with Gasteiger partial charge in [-0.25, -0.2) is 4.79 Å². The predicted molar refractivity (Wildman–Crippen MR) is 132 cm³/mol. The van der Waals surface area contributed by atoms with Crippen LogP contribution in [0.3, 0.4) is 0 Å². The molecule has 1 aromatic heterocycles. The Bertz CT molecular complexity index is 1500. The summed E-state index contributed by atoms with van der Waals surface area (Å²) in [5.41, 5.74) is 0.598. The van der Waals surface area contributed by atoms with E-state index in [1.807, 2.05) is 25.1 Å². The topological polar surface area (TPSA) is 115 Å². The number of ether oxygens (including phenoxy) is 2. The lowest BCUT2D eigenvalue weighted by molar-refractivity contribution is -0.128. The van der Waals surface area contributed by atoms with Gasteiger partial charge < -0.3 is 19.9 Å². The maximum atomic E-state index is 13.7. The second-order valence-corrected chi connectivity index (χ2v) is 10.8. The molecule has 8 heteroatoms. The average molecular weight is 499 g/mol. The first-order valence-electron chi connectivity index (χ1n) is 12.1. The number of rotatable bonds is 2. The molecule has 1 spiro atoms. The summed E-state index contributed by atoms with van der Waals surface area (Å²) in [6.45, 7) is 7.65. The molecule has 0 radical (unpaired) electrons. The first kappa shape index (κ1) is 23.4. The van der Waals surface area contributed by atoms with Crippen molar-refractivity contribution in [1.29, 1.82) is 0 Å². The van der Waals surface area contributed by atoms with Crippen LogP contribution in [0.1, 0.15) is 65.8 Å². The van der Waals surface area contributed by atoms with Crippen LogP contribution in [0.2, 0.25) is 0 Å². The van der Waals surface area contributed by atoms with Gasteiger partial charge in [0.15, 0.2) is 17.6 Å². The Hall–Kier alpha value is -4.04. The summed E-state index contributed by atoms with van der Waals surface area (Å²) in [6.07, 6.45) is 7.74. The third kappa shape index (κ3) is 2.99. The van der Waals surface area contributed by atoms with Crippen molar-refractivity contribution < 1.29 is 29.0 Å². The molecule has 0 fully saturated rings. The standard InChI is InChI=1S/C29H26N2O6/c1-15-7-10-20-27(2,3)23(32)19(36-26(35)17-6-5-11-30-14-17)13-29(20)28(15,4)12-16-8-9-18-21(22(16)37-29)25(34)31-24(18)33/h5-11,13-14,25,34H,12H2,1-4H3,(H,31,33). The van der Waals surface area contributed by atoms with E-state index in [0.29, 0.717) is 28.9 Å². The van der Waals surface area contributed by atoms with Crippen LogP contribution in [0.15, 0.2) is 71.8 Å². The number of aliphatic hydroxyl groups is 1. The lowest BCUT2D eigenvalue weighted by Crippen LogP contribution is -2.62. The number of carbonyl (C=O) groups excluding carboxylic acids is 3. The number of esters is 1. The van der Waals surface area contributed by atoms with E-state index in [9.17, 15) is 19.5 Å². The van der Waals surface area contributed by atoms with E-state index < -0.39 is 28.6 Å². The first-order chi connectivity index (χ1) is 17.5. The molecule has 2 aliphatic carbocycles. The largest absolute Gasteiger partial charge is 0.477 e. The average Bonchev–Trinajstić information content (AvgIpc) is 3.16. The van der Waals surface area contributed by atoms with Crippen LogP contribution in [0.25, 0.3) is 0 Å². The van der Waals surface area contributed by atoms with Crippen molar-refractivity contribution in [2.24, 2.45) is 10.8 Å². The molecule has 3 atom stereocenters. The van der Waals surface area contributed by atoms with E-state index in [0.717, 1.165) is 11.1 Å². The highest BCUT2D eigenvalue weighted by molar-refractivity contribution is 6.05. The minimum atomic E-state index is -1.21. The van der Waals surface area contributed by atoms with Crippen LogP contribution < -0.4 is 10.1 Å². The van der Waals surface area contributed by atoms with Gasteiger partial charge in [-0.2, -0.15) is 0 Å². The molecule has 0 saturated heterocycles. The van der Waals surface area contributed by atoms with E-state index in [2.05, 4.69) is 17.2 Å². The molecule has 0 bridgehead atoms. The van der Waals surface area contributed by atoms with Gasteiger partial charge in [-0.15, -0.1) is 0 Å². The van der Waals surface area contributed by atoms with Crippen LogP contribution in [0.4, 0.5) is 0 Å². The molecular formula is C29H26N2O6. The minimum Gasteiger partial charge on any atom is -0.477 e. The first-order valence-corrected chi connectivity index (χ1v) is 12.1. The molecule has 4 aliphatic rings. The van der Waals surface area contributed by atoms with Crippen molar-refractivity contribution in [3.8, 4) is 5.75 Å². The molecule has 37 heavy (non-hydrogen) atoms. The van der Waals surface area contributed by atoms with Crippen LogP contribution >= 0.6 is 0 Å². The second kappa shape index (κ2) is 7.49. The molecule has 2 aliphatic heterocycles. The van der Waals surface area contributed by atoms with Crippen LogP contribution in [0, 0.1) is 10.8 Å². The Morgan fingerprint density at radius 3 is 2.70 bits per heavy atom. The summed E-state index contributed by atoms with van der Waals surface area (Å²) in [4.78, 5) is 43.0. The molecule has 1 aromatic carbocycles. The highest BCUT2D eigenvalue weighted by atomic mass is 16.5. The summed E-state index contributed by atoms with van der Waals surface area (Å²) in [7, 11) is 0. The van der Waals surface area contributed by atoms with Gasteiger partial charge in [0.25, 0.3) is 5.91 Å². The van der Waals surface area contributed by atoms with Crippen molar-refractivity contribution in [3.05, 3.63) is 94.0 Å². The van der Waals surface area contributed by atoms with Crippen LogP contribution in [0.5, 0.6) is 5.75 Å². The third-order valence-electron chi connectivity index (χ3n) is 8.36. The summed E-state index contributed by atoms with van der Waals surface area (Å²) in [5.74, 6) is -1.12. The van der Waals surface area contributed by atoms with E-state index >= 15 is 0 Å². The third-order valence-corrected chi connectivity index (χ3v) is 8.36. The molecular weight excluding hydrogens is 472 g/mol. The van der Waals surface area contributed by atoms with Gasteiger partial charge in [-0.3, -0.25) is 14.6 Å². The molecule has 0 saturated carbocycles. The summed E-state index contributed by atoms with van der Waals surface area (Å²) >= 11 is 0. The summed E-state index contributed by atoms with van der Waals surface area (Å²) in [5, 5.41) is 13.2. The number of benzene rings is 1. The Morgan fingerprint density at radius 2 is 1.97 bits per heavy atom. The SMILES string of the molecule is CC1=CC=C2C(C)(C)C(=O)C(OC(=O)c3cccnc3)=CC23Oc2c(ccc4c2C(O)NC4=O)CC13C. The van der Waals surface area contributed by atoms with Crippen LogP contribution in [-0.4, -0.2) is 33.4 Å². The number of Topliss-reactive ketones (excluding diaryl/α,β-unsaturated/α-hetero) is 1. The Labute approximate surface area is 213 Å². The summed E-state index contributed by atoms with van der Waals surface area (Å²) < 4.78 is 12.6. The fraction of sp³-hybridized carbons (Fsp3) is 0.310. The number of hydrogen-bond acceptors (Lipinski definition) is 7. The van der Waals surface area contributed by atoms with E-state index in [1.54, 1.807) is 44.3 Å². The van der Waals surface area contributed by atoms with Gasteiger partial charge in [0.1, 0.15) is 5.75 Å². The van der Waals surface area contributed by atoms with Gasteiger partial charge in [-0.05, 0) is 56.5 Å². The molecule has 3 heterocycles. The molecule has 6 rings (SSSR count).